The number of phosphoric acid groups is 2. The molecule has 10 heterocycles. The fourth-order valence-electron chi connectivity index (χ4n) is 16.5. The van der Waals surface area contributed by atoms with Crippen LogP contribution in [0, 0.1) is 44.6 Å². The SMILES string of the molecule is CCc1[nH]c(=N)[nH]c(=N)c1-c1ccc(Cl)c(Cl)c1.COc1cc([C@@H]2c3cc4c(cc3[C@@H](O[C@@H]3O[C@@H]5CO[C@@H](C)O[C@H]5[C@H](O)[C@H]3O)[C@H]3COC(=O)[C@H]23)OCO4)cc(OC)c1O.COc1cc([C@@H]2c3cc4c(cc3[C@@H](O[C@@H]3O[C@@H]5CO[C@@H](C)O[C@H]5[C@H](O)[C@H]3O)[C@H]3COC(=O)[C@H]23)OCO4)cc(OC)c1OP(=O)(O)O.Cl.O=C(Cn1ccnc1[N+](=O)[O-])NCCO.O=P([O-])([O-])O.[H+].[Na+]. The molecule has 0 spiro atoms. The summed E-state index contributed by atoms with van der Waals surface area (Å²) in [6.45, 7) is 5.39. The maximum atomic E-state index is 13.5. The van der Waals surface area contributed by atoms with E-state index in [1.807, 2.05) is 13.0 Å². The second-order valence-corrected chi connectivity index (χ2v) is 32.4. The maximum absolute atomic E-state index is 13.5. The number of aromatic nitrogens is 4. The minimum Gasteiger partial charge on any atom is -0.790 e. The van der Waals surface area contributed by atoms with Crippen molar-refractivity contribution < 1.29 is 204 Å². The molecule has 51 heteroatoms. The number of nitro groups is 1. The number of phenols is 1. The van der Waals surface area contributed by atoms with Gasteiger partial charge in [0.15, 0.2) is 83.3 Å². The van der Waals surface area contributed by atoms with Gasteiger partial charge in [0, 0.05) is 41.5 Å². The number of rotatable bonds is 19. The zero-order chi connectivity index (χ0) is 90.8. The Kier molecular flexibility index (Phi) is 33.0. The van der Waals surface area contributed by atoms with E-state index in [1.54, 1.807) is 62.4 Å². The summed E-state index contributed by atoms with van der Waals surface area (Å²) in [5, 5.41) is 92.2. The van der Waals surface area contributed by atoms with Crippen molar-refractivity contribution in [2.24, 2.45) is 23.7 Å². The zero-order valence-electron chi connectivity index (χ0n) is 70.0. The number of aliphatic hydroxyl groups excluding tert-OH is 5. The molecule has 0 radical (unpaired) electrons. The van der Waals surface area contributed by atoms with E-state index >= 15 is 0 Å². The molecule has 2 aliphatic carbocycles. The summed E-state index contributed by atoms with van der Waals surface area (Å²) < 4.78 is 129. The number of cyclic esters (lactones) is 2. The van der Waals surface area contributed by atoms with Crippen LogP contribution in [0.15, 0.2) is 79.1 Å². The number of H-pyrrole nitrogens is 2. The largest absolute Gasteiger partial charge is 1.00 e. The van der Waals surface area contributed by atoms with E-state index < -0.39 is 160 Å². The van der Waals surface area contributed by atoms with Gasteiger partial charge in [-0.15, -0.1) is 12.4 Å². The summed E-state index contributed by atoms with van der Waals surface area (Å²) in [6.07, 6.45) is -10.7. The number of hydrogen-bond acceptors (Lipinski definition) is 37. The number of nitrogens with zero attached hydrogens (tertiary/aromatic N) is 3. The van der Waals surface area contributed by atoms with Gasteiger partial charge in [0.25, 0.3) is 5.91 Å². The Morgan fingerprint density at radius 3 is 1.52 bits per heavy atom. The third-order valence-corrected chi connectivity index (χ3v) is 23.1. The second kappa shape index (κ2) is 42.3. The Morgan fingerprint density at radius 1 is 0.664 bits per heavy atom. The van der Waals surface area contributed by atoms with Crippen molar-refractivity contribution >= 4 is 75.0 Å². The van der Waals surface area contributed by atoms with Crippen LogP contribution >= 0.6 is 51.3 Å². The number of aryl methyl sites for hydroxylation is 1. The summed E-state index contributed by atoms with van der Waals surface area (Å²) in [6, 6.07) is 18.6. The molecule has 7 aromatic rings. The van der Waals surface area contributed by atoms with Crippen LogP contribution in [0.4, 0.5) is 5.95 Å². The number of halogens is 3. The molecule has 17 rings (SSSR count). The molecular weight excluding hydrogens is 1820 g/mol. The van der Waals surface area contributed by atoms with Gasteiger partial charge in [-0.2, -0.15) is 0 Å². The van der Waals surface area contributed by atoms with Crippen molar-refractivity contribution in [2.75, 3.05) is 81.6 Å². The minimum atomic E-state index is -5.14. The molecule has 1 amide bonds. The van der Waals surface area contributed by atoms with Crippen molar-refractivity contribution in [3.63, 3.8) is 0 Å². The number of phenolic OH excluding ortho intramolecular Hbond substituents is 1. The van der Waals surface area contributed by atoms with Gasteiger partial charge in [-0.25, -0.2) is 9.13 Å². The molecule has 10 aliphatic rings. The molecule has 6 fully saturated rings. The van der Waals surface area contributed by atoms with Crippen molar-refractivity contribution in [1.29, 1.82) is 10.8 Å². The first-order chi connectivity index (χ1) is 59.9. The monoisotopic (exact) mass is 1910 g/mol. The molecule has 0 saturated carbocycles. The van der Waals surface area contributed by atoms with E-state index in [0.717, 1.165) is 15.8 Å². The smallest absolute Gasteiger partial charge is 0.790 e. The van der Waals surface area contributed by atoms with Crippen LogP contribution in [-0.4, -0.2) is 243 Å². The van der Waals surface area contributed by atoms with Gasteiger partial charge in [-0.1, -0.05) is 41.2 Å². The topological polar surface area (TPSA) is 641 Å². The van der Waals surface area contributed by atoms with E-state index in [4.69, 9.17) is 148 Å². The van der Waals surface area contributed by atoms with Crippen LogP contribution in [0.1, 0.15) is 85.3 Å². The molecule has 6 saturated heterocycles. The number of nitrogens with one attached hydrogen (secondary N) is 5. The first-order valence-electron chi connectivity index (χ1n) is 38.7. The van der Waals surface area contributed by atoms with Gasteiger partial charge >= 0.3 is 56.7 Å². The van der Waals surface area contributed by atoms with Crippen LogP contribution in [0.5, 0.6) is 57.5 Å². The predicted octanol–water partition coefficient (Wildman–Crippen LogP) is -0.473. The first-order valence-corrected chi connectivity index (χ1v) is 42.4. The Hall–Kier alpha value is -8.59. The van der Waals surface area contributed by atoms with Crippen LogP contribution in [0.25, 0.3) is 11.1 Å². The molecule has 20 atom stereocenters. The van der Waals surface area contributed by atoms with E-state index in [9.17, 15) is 64.4 Å². The number of esters is 2. The van der Waals surface area contributed by atoms with E-state index in [0.29, 0.717) is 78.4 Å². The number of ether oxygens (including phenoxy) is 18. The summed E-state index contributed by atoms with van der Waals surface area (Å²) in [7, 11) is -4.68. The average Bonchev–Trinajstić information content (AvgIpc) is 1.65. The number of fused-ring (bicyclic) bond motifs is 8. The number of amides is 1. The molecule has 14 N–H and O–H groups in total. The van der Waals surface area contributed by atoms with Gasteiger partial charge in [0.1, 0.15) is 66.7 Å². The third-order valence-electron chi connectivity index (χ3n) is 21.9. The number of carbonyl (C=O) groups excluding carboxylic acids is 3. The first kappa shape index (κ1) is 100.0. The summed E-state index contributed by atoms with van der Waals surface area (Å²) in [4.78, 5) is 100. The Labute approximate surface area is 765 Å². The molecule has 8 aliphatic heterocycles. The van der Waals surface area contributed by atoms with E-state index in [-0.39, 0.29) is 155 Å². The normalized spacial score (nSPS) is 27.5. The van der Waals surface area contributed by atoms with Gasteiger partial charge in [0.05, 0.1) is 103 Å². The number of phosphoric ester groups is 1. The number of methoxy groups -OCH3 is 4. The zero-order valence-corrected chi connectivity index (χ0v) is 75.1. The van der Waals surface area contributed by atoms with Crippen molar-refractivity contribution in [1.82, 2.24) is 24.8 Å². The Bertz CT molecular complexity index is 5370. The maximum Gasteiger partial charge on any atom is 1.00 e. The Morgan fingerprint density at radius 2 is 1.11 bits per heavy atom. The summed E-state index contributed by atoms with van der Waals surface area (Å²) in [5.74, 6) is -4.07. The molecule has 128 heavy (non-hydrogen) atoms. The number of aliphatic hydroxyl groups is 5. The third kappa shape index (κ3) is 21.9. The average molecular weight is 1910 g/mol. The second-order valence-electron chi connectivity index (χ2n) is 29.5. The quantitative estimate of drug-likeness (QED) is 0.0160. The molecular formula is C77H90Cl3N8NaO37P2. The fourth-order valence-corrected chi connectivity index (χ4v) is 17.2. The van der Waals surface area contributed by atoms with E-state index in [2.05, 4.69) is 20.3 Å². The van der Waals surface area contributed by atoms with Gasteiger partial charge in [-0.3, -0.25) is 35.0 Å². The number of carbonyl (C=O) groups is 3. The summed E-state index contributed by atoms with van der Waals surface area (Å²) in [5.41, 5.74) is 6.31. The van der Waals surface area contributed by atoms with Gasteiger partial charge in [-0.05, 0) is 125 Å². The summed E-state index contributed by atoms with van der Waals surface area (Å²) >= 11 is 11.9. The predicted molar refractivity (Wildman–Crippen MR) is 427 cm³/mol. The number of hydrogen-bond donors (Lipinski definition) is 14. The standard InChI is InChI=1S/C29H33O16P.C29H32O13.C12H12Cl2N4.C7H10N4O4.ClH.Na.H3O4P/c1-11-38-9-20-27(42-11)23(30)24(31)29(43-20)44-25-14-7-17-16(40-10-41-17)6-13(14)21(22-15(25)8-39-28(22)32)12-4-18(36-2)26(19(5-12)37-3)45-46(33,34)35;1-11-36-9-20-27(40-11)24(31)25(32)29(41-20)42-26-14-7-17-16(38-10-39-17)6-13(14)21(22-15(26)8-37-28(22)33)12-4-18(34-2)23(30)19(5-12)35-3;1-2-9-10(11(15)18-12(16)17-9)6-3-4-7(13)8(14)5-6;12-4-2-8-6(13)5-10-3-1-9-7(10)11(14)15;;;1-5(2,3)4/h4-7,11,15,20-25,27,29-31H,8-10H2,1-3H3,(H2,33,34,35);4-7,11,15,20-22,24-27,29-32H,8-10H2,1-3H3;3-5H,2H2,1H3,(H4,15,16,17,18);1,3,12H,2,4-5H2,(H,8,13);1H;;(H3,1,2,3,4)/q;;;;;+1;/p-1/t11-,15+,20-,21-,22+,23-,24-,25-,27-,29+;11-,15+,20-,21-,22+,24-,25-,26-,27-,29+;;;;;/m11...../s1. The molecule has 5 aromatic carbocycles. The Balaban J connectivity index is 0.000000190. The number of aromatic amines is 2. The number of benzene rings is 5. The van der Waals surface area contributed by atoms with Crippen LogP contribution in [0.3, 0.4) is 0 Å². The fraction of sp³-hybridized carbons (Fsp3) is 0.481. The number of aromatic hydroxyl groups is 1. The number of imidazole rings is 1. The van der Waals surface area contributed by atoms with Crippen LogP contribution in [0.2, 0.25) is 10.0 Å². The molecule has 45 nitrogen and oxygen atoms in total. The van der Waals surface area contributed by atoms with Crippen LogP contribution in [-0.2, 0) is 83.8 Å². The molecule has 0 bridgehead atoms. The van der Waals surface area contributed by atoms with Gasteiger partial charge < -0.3 is 165 Å². The molecule has 2 aromatic heterocycles. The van der Waals surface area contributed by atoms with Gasteiger partial charge in [0.2, 0.25) is 25.1 Å². The van der Waals surface area contributed by atoms with Crippen LogP contribution < -0.4 is 98.2 Å². The van der Waals surface area contributed by atoms with Crippen molar-refractivity contribution in [2.45, 2.75) is 132 Å². The minimum absolute atomic E-state index is 0. The molecule has 692 valence electrons. The molecule has 0 unspecified atom stereocenters. The van der Waals surface area contributed by atoms with E-state index in [1.165, 1.54) is 53.0 Å². The van der Waals surface area contributed by atoms with Crippen molar-refractivity contribution in [3.05, 3.63) is 149 Å². The van der Waals surface area contributed by atoms with Crippen molar-refractivity contribution in [3.8, 4) is 68.6 Å².